The van der Waals surface area contributed by atoms with Crippen LogP contribution in [0.3, 0.4) is 0 Å². The van der Waals surface area contributed by atoms with Gasteiger partial charge in [0.15, 0.2) is 0 Å². The number of methoxy groups -OCH3 is 2. The maximum atomic E-state index is 5.70. The fourth-order valence-corrected chi connectivity index (χ4v) is 5.62. The number of halogens is 1. The number of ether oxygens (including phenoxy) is 6. The maximum Gasteiger partial charge on any atom is 0.201 e. The van der Waals surface area contributed by atoms with Gasteiger partial charge in [0.25, 0.3) is 0 Å². The van der Waals surface area contributed by atoms with E-state index in [1.807, 2.05) is 149 Å². The van der Waals surface area contributed by atoms with E-state index in [9.17, 15) is 0 Å². The summed E-state index contributed by atoms with van der Waals surface area (Å²) in [6.45, 7) is 10.1. The summed E-state index contributed by atoms with van der Waals surface area (Å²) in [5, 5.41) is 10.0. The third-order valence-electron chi connectivity index (χ3n) is 8.05. The molecule has 0 aliphatic rings. The Morgan fingerprint density at radius 1 is 0.492 bits per heavy atom. The predicted octanol–water partition coefficient (Wildman–Crippen LogP) is 11.6. The Bertz CT molecular complexity index is 2080. The first-order chi connectivity index (χ1) is 28.8. The molecule has 0 saturated carbocycles. The highest BCUT2D eigenvalue weighted by molar-refractivity contribution is 9.10. The topological polar surface area (TPSA) is 143 Å². The van der Waals surface area contributed by atoms with Gasteiger partial charge in [-0.2, -0.15) is 0 Å². The average Bonchev–Trinajstić information content (AvgIpc) is 3.25. The highest BCUT2D eigenvalue weighted by atomic mass is 79.9. The Labute approximate surface area is 356 Å². The number of nitrogens with zero attached hydrogens (tertiary/aromatic N) is 2. The zero-order valence-corrected chi connectivity index (χ0v) is 36.1. The molecule has 0 atom stereocenters. The van der Waals surface area contributed by atoms with Crippen molar-refractivity contribution in [3.8, 4) is 11.5 Å². The number of nitrogen functional groups attached to an aromatic ring is 1. The predicted molar refractivity (Wildman–Crippen MR) is 241 cm³/mol. The molecule has 0 spiro atoms. The molecule has 2 heterocycles. The minimum atomic E-state index is -0.436. The van der Waals surface area contributed by atoms with Gasteiger partial charge in [0.2, 0.25) is 12.6 Å². The van der Waals surface area contributed by atoms with E-state index in [2.05, 4.69) is 41.8 Å². The number of aromatic nitrogens is 2. The van der Waals surface area contributed by atoms with E-state index in [1.165, 1.54) is 0 Å². The molecule has 0 fully saturated rings. The van der Waals surface area contributed by atoms with Gasteiger partial charge >= 0.3 is 0 Å². The molecule has 6 rings (SSSR count). The summed E-state index contributed by atoms with van der Waals surface area (Å²) in [4.78, 5) is 8.70. The monoisotopic (exact) mass is 866 g/mol. The summed E-state index contributed by atoms with van der Waals surface area (Å²) in [5.41, 5.74) is 13.7. The number of hydrogen-bond donors (Lipinski definition) is 4. The standard InChI is InChI=1S/C23H27N3O3.C13H14N2O.C10H14BrNO2/c1-4-28-23(29-5-2)22-13-12-20(16-24-22)26-18-9-6-8-17(14-18)25-19-10-7-11-21(15-19)27-3;1-16-13-7-3-6-12(9-13)15-11-5-2-4-10(14)8-11;1-3-13-10(14-4-2)9-6-5-8(11)7-12-9/h6-16,23,25-26H,4-5H2,1-3H3;2-9,15H,14H2,1H3;5-7,10H,3-4H2,1-2H3. The van der Waals surface area contributed by atoms with E-state index >= 15 is 0 Å². The Morgan fingerprint density at radius 3 is 1.31 bits per heavy atom. The molecule has 0 unspecified atom stereocenters. The van der Waals surface area contributed by atoms with Crippen LogP contribution in [0.15, 0.2) is 138 Å². The van der Waals surface area contributed by atoms with Crippen LogP contribution in [0, 0.1) is 0 Å². The molecule has 6 aromatic rings. The number of nitrogens with two attached hydrogens (primary N) is 1. The van der Waals surface area contributed by atoms with Crippen LogP contribution in [0.2, 0.25) is 0 Å². The molecule has 2 aromatic heterocycles. The van der Waals surface area contributed by atoms with E-state index in [1.54, 1.807) is 26.6 Å². The second-order valence-electron chi connectivity index (χ2n) is 12.4. The van der Waals surface area contributed by atoms with Crippen molar-refractivity contribution in [3.05, 3.63) is 150 Å². The third kappa shape index (κ3) is 16.2. The first kappa shape index (κ1) is 46.0. The number of pyridine rings is 2. The van der Waals surface area contributed by atoms with Crippen LogP contribution in [-0.4, -0.2) is 50.6 Å². The van der Waals surface area contributed by atoms with Gasteiger partial charge < -0.3 is 50.1 Å². The summed E-state index contributed by atoms with van der Waals surface area (Å²) >= 11 is 3.33. The van der Waals surface area contributed by atoms with Gasteiger partial charge in [0.05, 0.1) is 37.5 Å². The van der Waals surface area contributed by atoms with Gasteiger partial charge in [-0.15, -0.1) is 0 Å². The SMILES string of the molecule is CCOC(OCC)c1ccc(Br)cn1.CCOC(OCC)c1ccc(Nc2cccc(Nc3cccc(OC)c3)c2)cn1.COc1cccc(Nc2cccc(N)c2)c1. The minimum Gasteiger partial charge on any atom is -0.497 e. The fraction of sp³-hybridized carbons (Fsp3) is 0.261. The number of benzene rings is 4. The molecule has 0 radical (unpaired) electrons. The zero-order valence-electron chi connectivity index (χ0n) is 34.5. The van der Waals surface area contributed by atoms with Crippen molar-refractivity contribution in [2.45, 2.75) is 40.3 Å². The van der Waals surface area contributed by atoms with Crippen molar-refractivity contribution in [3.63, 3.8) is 0 Å². The first-order valence-corrected chi connectivity index (χ1v) is 20.1. The molecule has 0 aliphatic heterocycles. The first-order valence-electron chi connectivity index (χ1n) is 19.4. The number of rotatable bonds is 18. The van der Waals surface area contributed by atoms with E-state index in [-0.39, 0.29) is 6.29 Å². The van der Waals surface area contributed by atoms with Gasteiger partial charge in [-0.1, -0.05) is 24.3 Å². The molecule has 5 N–H and O–H groups in total. The quantitative estimate of drug-likeness (QED) is 0.0482. The average molecular weight is 868 g/mol. The Hall–Kier alpha value is -5.70. The van der Waals surface area contributed by atoms with Crippen LogP contribution >= 0.6 is 15.9 Å². The molecule has 0 amide bonds. The molecule has 312 valence electrons. The lowest BCUT2D eigenvalue weighted by Gasteiger charge is -2.16. The number of anilines is 7. The zero-order chi connectivity index (χ0) is 42.2. The van der Waals surface area contributed by atoms with Gasteiger partial charge in [0, 0.05) is 83.4 Å². The van der Waals surface area contributed by atoms with Crippen molar-refractivity contribution < 1.29 is 28.4 Å². The summed E-state index contributed by atoms with van der Waals surface area (Å²) in [5.74, 6) is 1.64. The summed E-state index contributed by atoms with van der Waals surface area (Å²) in [7, 11) is 3.31. The van der Waals surface area contributed by atoms with E-state index < -0.39 is 6.29 Å². The van der Waals surface area contributed by atoms with Crippen LogP contribution in [0.5, 0.6) is 11.5 Å². The lowest BCUT2D eigenvalue weighted by molar-refractivity contribution is -0.142. The van der Waals surface area contributed by atoms with Crippen LogP contribution in [0.4, 0.5) is 39.8 Å². The smallest absolute Gasteiger partial charge is 0.201 e. The van der Waals surface area contributed by atoms with Crippen LogP contribution < -0.4 is 31.2 Å². The Morgan fingerprint density at radius 2 is 0.898 bits per heavy atom. The van der Waals surface area contributed by atoms with Crippen molar-refractivity contribution in [1.29, 1.82) is 0 Å². The van der Waals surface area contributed by atoms with Gasteiger partial charge in [-0.05, 0) is 129 Å². The van der Waals surface area contributed by atoms with E-state index in [0.29, 0.717) is 26.4 Å². The van der Waals surface area contributed by atoms with Crippen LogP contribution in [0.1, 0.15) is 51.7 Å². The minimum absolute atomic E-state index is 0.349. The summed E-state index contributed by atoms with van der Waals surface area (Å²) in [6, 6.07) is 39.0. The fourth-order valence-electron chi connectivity index (χ4n) is 5.38. The molecular formula is C46H55BrN6O6. The number of nitrogens with one attached hydrogen (secondary N) is 3. The molecule has 12 nitrogen and oxygen atoms in total. The molecule has 0 bridgehead atoms. The molecule has 0 saturated heterocycles. The van der Waals surface area contributed by atoms with Gasteiger partial charge in [-0.25, -0.2) is 0 Å². The lowest BCUT2D eigenvalue weighted by Crippen LogP contribution is -2.10. The summed E-state index contributed by atoms with van der Waals surface area (Å²) in [6.07, 6.45) is 2.73. The summed E-state index contributed by atoms with van der Waals surface area (Å²) < 4.78 is 33.4. The molecule has 4 aromatic carbocycles. The van der Waals surface area contributed by atoms with E-state index in [0.717, 1.165) is 67.2 Å². The van der Waals surface area contributed by atoms with E-state index in [4.69, 9.17) is 34.2 Å². The van der Waals surface area contributed by atoms with Gasteiger partial charge in [-0.3, -0.25) is 9.97 Å². The normalized spacial score (nSPS) is 10.5. The Balaban J connectivity index is 0.000000216. The van der Waals surface area contributed by atoms with Crippen LogP contribution in [0.25, 0.3) is 0 Å². The Kier molecular flexibility index (Phi) is 20.0. The highest BCUT2D eigenvalue weighted by Gasteiger charge is 2.13. The molecule has 59 heavy (non-hydrogen) atoms. The van der Waals surface area contributed by atoms with Crippen molar-refractivity contribution in [1.82, 2.24) is 9.97 Å². The molecule has 13 heteroatoms. The number of hydrogen-bond acceptors (Lipinski definition) is 12. The second kappa shape index (κ2) is 25.6. The third-order valence-corrected chi connectivity index (χ3v) is 8.52. The molecule has 0 aliphatic carbocycles. The highest BCUT2D eigenvalue weighted by Crippen LogP contribution is 2.26. The maximum absolute atomic E-state index is 5.70. The van der Waals surface area contributed by atoms with Crippen LogP contribution in [-0.2, 0) is 18.9 Å². The second-order valence-corrected chi connectivity index (χ2v) is 13.3. The van der Waals surface area contributed by atoms with Crippen molar-refractivity contribution in [2.24, 2.45) is 0 Å². The van der Waals surface area contributed by atoms with Gasteiger partial charge in [0.1, 0.15) is 11.5 Å². The molecular weight excluding hydrogens is 812 g/mol. The largest absolute Gasteiger partial charge is 0.497 e. The lowest BCUT2D eigenvalue weighted by atomic mass is 10.2. The van der Waals surface area contributed by atoms with Crippen molar-refractivity contribution in [2.75, 3.05) is 62.3 Å². The van der Waals surface area contributed by atoms with Crippen molar-refractivity contribution >= 4 is 55.7 Å².